The van der Waals surface area contributed by atoms with E-state index in [0.717, 1.165) is 0 Å². The summed E-state index contributed by atoms with van der Waals surface area (Å²) in [4.78, 5) is 0. The van der Waals surface area contributed by atoms with Crippen molar-refractivity contribution in [3.8, 4) is 0 Å². The standard InChI is InChI=1S/C12H14.C2H6/c1-3-10-6-4-5-7-11-8-9-12(10,11)2;1-2/h3-11H,1H2,2H3;1-2H3. The van der Waals surface area contributed by atoms with Gasteiger partial charge in [0.2, 0.25) is 0 Å². The van der Waals surface area contributed by atoms with E-state index in [2.05, 4.69) is 50.0 Å². The van der Waals surface area contributed by atoms with Crippen LogP contribution in [-0.4, -0.2) is 0 Å². The monoisotopic (exact) mass is 188 g/mol. The van der Waals surface area contributed by atoms with Crippen molar-refractivity contribution in [1.82, 2.24) is 0 Å². The zero-order valence-corrected chi connectivity index (χ0v) is 9.40. The summed E-state index contributed by atoms with van der Waals surface area (Å²) in [5.41, 5.74) is 0.297. The molecule has 0 heterocycles. The Labute approximate surface area is 87.7 Å². The van der Waals surface area contributed by atoms with Crippen LogP contribution in [0.1, 0.15) is 20.8 Å². The van der Waals surface area contributed by atoms with Crippen molar-refractivity contribution in [3.05, 3.63) is 49.1 Å². The molecule has 0 aromatic rings. The molecule has 2 aliphatic rings. The van der Waals surface area contributed by atoms with Crippen molar-refractivity contribution >= 4 is 0 Å². The Kier molecular flexibility index (Phi) is 3.51. The predicted molar refractivity (Wildman–Crippen MR) is 64.1 cm³/mol. The highest BCUT2D eigenvalue weighted by Crippen LogP contribution is 2.48. The van der Waals surface area contributed by atoms with Gasteiger partial charge in [-0.2, -0.15) is 0 Å². The van der Waals surface area contributed by atoms with Crippen molar-refractivity contribution in [2.24, 2.45) is 17.3 Å². The molecule has 76 valence electrons. The molecule has 3 atom stereocenters. The van der Waals surface area contributed by atoms with E-state index in [1.165, 1.54) is 0 Å². The van der Waals surface area contributed by atoms with Gasteiger partial charge < -0.3 is 0 Å². The Balaban J connectivity index is 0.000000461. The van der Waals surface area contributed by atoms with Gasteiger partial charge in [0.1, 0.15) is 0 Å². The zero-order chi connectivity index (χ0) is 10.6. The van der Waals surface area contributed by atoms with E-state index in [1.54, 1.807) is 0 Å². The van der Waals surface area contributed by atoms with Crippen LogP contribution < -0.4 is 0 Å². The minimum absolute atomic E-state index is 0.297. The van der Waals surface area contributed by atoms with E-state index in [1.807, 2.05) is 19.9 Å². The lowest BCUT2D eigenvalue weighted by atomic mass is 9.61. The number of hydrogen-bond acceptors (Lipinski definition) is 0. The van der Waals surface area contributed by atoms with Gasteiger partial charge in [-0.05, 0) is 0 Å². The SMILES string of the molecule is C=CC1C=CC=CC2C=CC12C.CC. The predicted octanol–water partition coefficient (Wildman–Crippen LogP) is 4.13. The fraction of sp³-hybridized carbons (Fsp3) is 0.429. The molecule has 0 fully saturated rings. The molecule has 0 radical (unpaired) electrons. The Bertz CT molecular complexity index is 280. The van der Waals surface area contributed by atoms with E-state index in [4.69, 9.17) is 0 Å². The van der Waals surface area contributed by atoms with Gasteiger partial charge in [0.05, 0.1) is 0 Å². The van der Waals surface area contributed by atoms with E-state index >= 15 is 0 Å². The lowest BCUT2D eigenvalue weighted by molar-refractivity contribution is 0.263. The first-order valence-electron chi connectivity index (χ1n) is 5.44. The van der Waals surface area contributed by atoms with Crippen molar-refractivity contribution < 1.29 is 0 Å². The molecule has 3 unspecified atom stereocenters. The van der Waals surface area contributed by atoms with Crippen LogP contribution in [-0.2, 0) is 0 Å². The summed E-state index contributed by atoms with van der Waals surface area (Å²) in [6, 6.07) is 0. The molecular formula is C14H20. The summed E-state index contributed by atoms with van der Waals surface area (Å²) in [7, 11) is 0. The van der Waals surface area contributed by atoms with Crippen molar-refractivity contribution in [3.63, 3.8) is 0 Å². The van der Waals surface area contributed by atoms with Gasteiger partial charge in [-0.25, -0.2) is 0 Å². The van der Waals surface area contributed by atoms with Gasteiger partial charge in [-0.1, -0.05) is 63.3 Å². The molecule has 0 bridgehead atoms. The molecular weight excluding hydrogens is 168 g/mol. The summed E-state index contributed by atoms with van der Waals surface area (Å²) < 4.78 is 0. The molecule has 0 spiro atoms. The number of allylic oxidation sites excluding steroid dienone is 7. The topological polar surface area (TPSA) is 0 Å². The van der Waals surface area contributed by atoms with E-state index in [0.29, 0.717) is 17.3 Å². The summed E-state index contributed by atoms with van der Waals surface area (Å²) in [5.74, 6) is 1.10. The first-order chi connectivity index (χ1) is 6.77. The van der Waals surface area contributed by atoms with Crippen molar-refractivity contribution in [1.29, 1.82) is 0 Å². The highest BCUT2D eigenvalue weighted by Gasteiger charge is 2.40. The van der Waals surface area contributed by atoms with Crippen LogP contribution in [0, 0.1) is 17.3 Å². The van der Waals surface area contributed by atoms with E-state index < -0.39 is 0 Å². The number of hydrogen-bond donors (Lipinski definition) is 0. The summed E-state index contributed by atoms with van der Waals surface area (Å²) in [6.45, 7) is 10.2. The second-order valence-electron chi connectivity index (χ2n) is 3.78. The lowest BCUT2D eigenvalue weighted by Crippen LogP contribution is -2.35. The highest BCUT2D eigenvalue weighted by atomic mass is 14.4. The second kappa shape index (κ2) is 4.45. The first kappa shape index (κ1) is 11.0. The molecule has 0 saturated heterocycles. The zero-order valence-electron chi connectivity index (χ0n) is 9.40. The lowest BCUT2D eigenvalue weighted by Gasteiger charge is -2.42. The maximum absolute atomic E-state index is 3.88. The molecule has 0 saturated carbocycles. The summed E-state index contributed by atoms with van der Waals surface area (Å²) in [6.07, 6.45) is 15.4. The molecule has 0 aliphatic heterocycles. The van der Waals surface area contributed by atoms with Gasteiger partial charge in [0.25, 0.3) is 0 Å². The van der Waals surface area contributed by atoms with Crippen LogP contribution in [0.3, 0.4) is 0 Å². The van der Waals surface area contributed by atoms with E-state index in [-0.39, 0.29) is 0 Å². The van der Waals surface area contributed by atoms with Crippen LogP contribution >= 0.6 is 0 Å². The average Bonchev–Trinajstić information content (AvgIpc) is 2.32. The molecule has 0 nitrogen and oxygen atoms in total. The minimum Gasteiger partial charge on any atom is -0.102 e. The summed E-state index contributed by atoms with van der Waals surface area (Å²) >= 11 is 0. The van der Waals surface area contributed by atoms with Gasteiger partial charge in [0, 0.05) is 17.3 Å². The molecule has 0 N–H and O–H groups in total. The maximum atomic E-state index is 3.88. The number of rotatable bonds is 1. The largest absolute Gasteiger partial charge is 0.102 e. The quantitative estimate of drug-likeness (QED) is 0.543. The summed E-state index contributed by atoms with van der Waals surface area (Å²) in [5, 5.41) is 0. The molecule has 2 rings (SSSR count). The highest BCUT2D eigenvalue weighted by molar-refractivity contribution is 5.32. The Morgan fingerprint density at radius 3 is 2.29 bits per heavy atom. The third-order valence-corrected chi connectivity index (χ3v) is 3.10. The van der Waals surface area contributed by atoms with Gasteiger partial charge >= 0.3 is 0 Å². The first-order valence-corrected chi connectivity index (χ1v) is 5.44. The van der Waals surface area contributed by atoms with Crippen molar-refractivity contribution in [2.45, 2.75) is 20.8 Å². The molecule has 14 heavy (non-hydrogen) atoms. The molecule has 2 aliphatic carbocycles. The van der Waals surface area contributed by atoms with Crippen LogP contribution in [0.5, 0.6) is 0 Å². The molecule has 0 heteroatoms. The molecule has 0 aromatic heterocycles. The average molecular weight is 188 g/mol. The van der Waals surface area contributed by atoms with E-state index in [9.17, 15) is 0 Å². The Morgan fingerprint density at radius 2 is 1.79 bits per heavy atom. The minimum atomic E-state index is 0.297. The normalized spacial score (nSPS) is 37.4. The molecule has 0 amide bonds. The molecule has 0 aromatic carbocycles. The second-order valence-corrected chi connectivity index (χ2v) is 3.78. The number of fused-ring (bicyclic) bond motifs is 1. The van der Waals surface area contributed by atoms with Gasteiger partial charge in [0.15, 0.2) is 0 Å². The third kappa shape index (κ3) is 1.61. The fourth-order valence-electron chi connectivity index (χ4n) is 2.02. The van der Waals surface area contributed by atoms with Crippen LogP contribution in [0.15, 0.2) is 49.1 Å². The smallest absolute Gasteiger partial charge is 0.00485 e. The third-order valence-electron chi connectivity index (χ3n) is 3.10. The van der Waals surface area contributed by atoms with Crippen LogP contribution in [0.25, 0.3) is 0 Å². The van der Waals surface area contributed by atoms with Crippen molar-refractivity contribution in [2.75, 3.05) is 0 Å². The van der Waals surface area contributed by atoms with Gasteiger partial charge in [-0.15, -0.1) is 6.58 Å². The van der Waals surface area contributed by atoms with Gasteiger partial charge in [-0.3, -0.25) is 0 Å². The Hall–Kier alpha value is -1.04. The van der Waals surface area contributed by atoms with Crippen LogP contribution in [0.2, 0.25) is 0 Å². The Morgan fingerprint density at radius 1 is 1.14 bits per heavy atom. The fourth-order valence-corrected chi connectivity index (χ4v) is 2.02. The van der Waals surface area contributed by atoms with Crippen LogP contribution in [0.4, 0.5) is 0 Å². The maximum Gasteiger partial charge on any atom is 0.00485 e.